The molecule has 4 nitrogen and oxygen atoms in total. The van der Waals surface area contributed by atoms with Gasteiger partial charge in [-0.3, -0.25) is 4.79 Å². The summed E-state index contributed by atoms with van der Waals surface area (Å²) < 4.78 is 13.2. The Morgan fingerprint density at radius 1 is 1.45 bits per heavy atom. The van der Waals surface area contributed by atoms with Crippen LogP contribution in [-0.4, -0.2) is 28.6 Å². The quantitative estimate of drug-likeness (QED) is 0.859. The second-order valence-electron chi connectivity index (χ2n) is 5.45. The molecule has 0 fully saturated rings. The van der Waals surface area contributed by atoms with E-state index >= 15 is 0 Å². The first kappa shape index (κ1) is 16.6. The molecule has 1 heterocycles. The van der Waals surface area contributed by atoms with Gasteiger partial charge in [-0.15, -0.1) is 11.3 Å². The number of amides is 1. The van der Waals surface area contributed by atoms with Crippen molar-refractivity contribution in [1.29, 1.82) is 0 Å². The Kier molecular flexibility index (Phi) is 5.63. The number of nitrogens with zero attached hydrogens (tertiary/aromatic N) is 1. The largest absolute Gasteiger partial charge is 0.391 e. The molecule has 2 rings (SSSR count). The summed E-state index contributed by atoms with van der Waals surface area (Å²) in [4.78, 5) is 16.2. The first-order valence-corrected chi connectivity index (χ1v) is 7.98. The van der Waals surface area contributed by atoms with Crippen molar-refractivity contribution in [3.63, 3.8) is 0 Å². The minimum Gasteiger partial charge on any atom is -0.391 e. The fourth-order valence-electron chi connectivity index (χ4n) is 1.82. The summed E-state index contributed by atoms with van der Waals surface area (Å²) in [6.45, 7) is 4.02. The zero-order chi connectivity index (χ0) is 16.1. The van der Waals surface area contributed by atoms with Gasteiger partial charge in [-0.2, -0.15) is 0 Å². The maximum absolute atomic E-state index is 13.2. The Labute approximate surface area is 133 Å². The monoisotopic (exact) mass is 322 g/mol. The lowest BCUT2D eigenvalue weighted by molar-refractivity contribution is -0.121. The van der Waals surface area contributed by atoms with Crippen molar-refractivity contribution in [1.82, 2.24) is 10.3 Å². The molecule has 1 amide bonds. The average Bonchev–Trinajstić information content (AvgIpc) is 2.93. The van der Waals surface area contributed by atoms with Crippen molar-refractivity contribution in [2.24, 2.45) is 5.92 Å². The van der Waals surface area contributed by atoms with Crippen LogP contribution in [0.2, 0.25) is 0 Å². The lowest BCUT2D eigenvalue weighted by Crippen LogP contribution is -2.35. The van der Waals surface area contributed by atoms with E-state index in [2.05, 4.69) is 10.3 Å². The molecule has 0 bridgehead atoms. The smallest absolute Gasteiger partial charge is 0.226 e. The fourth-order valence-corrected chi connectivity index (χ4v) is 2.64. The zero-order valence-electron chi connectivity index (χ0n) is 12.5. The molecular formula is C16H19FN2O2S. The Bertz CT molecular complexity index is 643. The van der Waals surface area contributed by atoms with E-state index in [0.717, 1.165) is 0 Å². The number of carbonyl (C=O) groups excluding carboxylic acids is 1. The number of rotatable bonds is 6. The van der Waals surface area contributed by atoms with Gasteiger partial charge in [0.1, 0.15) is 10.8 Å². The minimum atomic E-state index is -0.553. The second kappa shape index (κ2) is 7.47. The number of benzene rings is 1. The van der Waals surface area contributed by atoms with Crippen LogP contribution in [0.25, 0.3) is 10.6 Å². The van der Waals surface area contributed by atoms with Gasteiger partial charge in [-0.05, 0) is 18.1 Å². The van der Waals surface area contributed by atoms with E-state index in [4.69, 9.17) is 0 Å². The molecular weight excluding hydrogens is 303 g/mol. The van der Waals surface area contributed by atoms with Gasteiger partial charge >= 0.3 is 0 Å². The summed E-state index contributed by atoms with van der Waals surface area (Å²) in [5.74, 6) is -0.399. The summed E-state index contributed by atoms with van der Waals surface area (Å²) >= 11 is 1.38. The lowest BCUT2D eigenvalue weighted by Gasteiger charge is -2.14. The second-order valence-corrected chi connectivity index (χ2v) is 6.30. The van der Waals surface area contributed by atoms with Gasteiger partial charge in [-0.25, -0.2) is 9.37 Å². The number of aliphatic hydroxyl groups is 1. The summed E-state index contributed by atoms with van der Waals surface area (Å²) in [6.07, 6.45) is -0.404. The highest BCUT2D eigenvalue weighted by Crippen LogP contribution is 2.24. The third-order valence-corrected chi connectivity index (χ3v) is 4.18. The molecule has 2 N–H and O–H groups in total. The number of hydrogen-bond donors (Lipinski definition) is 2. The van der Waals surface area contributed by atoms with Crippen LogP contribution < -0.4 is 5.32 Å². The van der Waals surface area contributed by atoms with E-state index in [1.165, 1.54) is 23.5 Å². The van der Waals surface area contributed by atoms with Crippen molar-refractivity contribution in [3.8, 4) is 10.6 Å². The van der Waals surface area contributed by atoms with E-state index in [9.17, 15) is 14.3 Å². The summed E-state index contributed by atoms with van der Waals surface area (Å²) in [6, 6.07) is 6.21. The van der Waals surface area contributed by atoms with Gasteiger partial charge in [0, 0.05) is 17.5 Å². The maximum Gasteiger partial charge on any atom is 0.226 e. The minimum absolute atomic E-state index is 0.0964. The van der Waals surface area contributed by atoms with Crippen molar-refractivity contribution in [2.45, 2.75) is 26.4 Å². The van der Waals surface area contributed by atoms with Crippen LogP contribution in [0.1, 0.15) is 19.5 Å². The molecule has 1 aromatic carbocycles. The van der Waals surface area contributed by atoms with Gasteiger partial charge in [0.05, 0.1) is 18.2 Å². The SMILES string of the molecule is CC(C)C(O)CNC(=O)Cc1csc(-c2cccc(F)c2)n1. The van der Waals surface area contributed by atoms with Crippen LogP contribution in [0, 0.1) is 11.7 Å². The molecule has 0 spiro atoms. The van der Waals surface area contributed by atoms with Crippen LogP contribution in [0.5, 0.6) is 0 Å². The molecule has 0 saturated heterocycles. The standard InChI is InChI=1S/C16H19FN2O2S/c1-10(2)14(20)8-18-15(21)7-13-9-22-16(19-13)11-4-3-5-12(17)6-11/h3-6,9-10,14,20H,7-8H2,1-2H3,(H,18,21). The van der Waals surface area contributed by atoms with E-state index in [1.54, 1.807) is 17.5 Å². The van der Waals surface area contributed by atoms with Crippen LogP contribution >= 0.6 is 11.3 Å². The highest BCUT2D eigenvalue weighted by molar-refractivity contribution is 7.13. The molecule has 0 aliphatic heterocycles. The number of aliphatic hydroxyl groups excluding tert-OH is 1. The first-order chi connectivity index (χ1) is 10.5. The fraction of sp³-hybridized carbons (Fsp3) is 0.375. The average molecular weight is 322 g/mol. The normalized spacial score (nSPS) is 12.4. The van der Waals surface area contributed by atoms with E-state index in [1.807, 2.05) is 13.8 Å². The van der Waals surface area contributed by atoms with Crippen molar-refractivity contribution in [3.05, 3.63) is 41.2 Å². The number of halogens is 1. The molecule has 0 aliphatic carbocycles. The molecule has 118 valence electrons. The molecule has 1 aromatic heterocycles. The van der Waals surface area contributed by atoms with Crippen molar-refractivity contribution in [2.75, 3.05) is 6.54 Å². The number of nitrogens with one attached hydrogen (secondary N) is 1. The predicted molar refractivity (Wildman–Crippen MR) is 85.1 cm³/mol. The Hall–Kier alpha value is -1.79. The Morgan fingerprint density at radius 3 is 2.91 bits per heavy atom. The molecule has 2 aromatic rings. The molecule has 0 saturated carbocycles. The lowest BCUT2D eigenvalue weighted by atomic mass is 10.1. The van der Waals surface area contributed by atoms with Crippen LogP contribution in [0.15, 0.2) is 29.6 Å². The number of carbonyl (C=O) groups is 1. The first-order valence-electron chi connectivity index (χ1n) is 7.11. The van der Waals surface area contributed by atoms with Crippen molar-refractivity contribution < 1.29 is 14.3 Å². The van der Waals surface area contributed by atoms with Gasteiger partial charge in [0.25, 0.3) is 0 Å². The van der Waals surface area contributed by atoms with E-state index in [0.29, 0.717) is 16.3 Å². The molecule has 6 heteroatoms. The third kappa shape index (κ3) is 4.61. The van der Waals surface area contributed by atoms with Crippen LogP contribution in [0.3, 0.4) is 0 Å². The van der Waals surface area contributed by atoms with Crippen LogP contribution in [0.4, 0.5) is 4.39 Å². The van der Waals surface area contributed by atoms with Crippen molar-refractivity contribution >= 4 is 17.2 Å². The topological polar surface area (TPSA) is 62.2 Å². The van der Waals surface area contributed by atoms with Gasteiger partial charge in [0.2, 0.25) is 5.91 Å². The molecule has 1 atom stereocenters. The third-order valence-electron chi connectivity index (χ3n) is 3.24. The number of aromatic nitrogens is 1. The van der Waals surface area contributed by atoms with Gasteiger partial charge < -0.3 is 10.4 Å². The zero-order valence-corrected chi connectivity index (χ0v) is 13.4. The maximum atomic E-state index is 13.2. The highest BCUT2D eigenvalue weighted by atomic mass is 32.1. The number of hydrogen-bond acceptors (Lipinski definition) is 4. The van der Waals surface area contributed by atoms with Gasteiger partial charge in [0.15, 0.2) is 0 Å². The van der Waals surface area contributed by atoms with Gasteiger partial charge in [-0.1, -0.05) is 26.0 Å². The molecule has 0 radical (unpaired) electrons. The van der Waals surface area contributed by atoms with E-state index < -0.39 is 6.10 Å². The molecule has 1 unspecified atom stereocenters. The Balaban J connectivity index is 1.93. The summed E-state index contributed by atoms with van der Waals surface area (Å²) in [7, 11) is 0. The molecule has 22 heavy (non-hydrogen) atoms. The molecule has 0 aliphatic rings. The number of thiazole rings is 1. The highest BCUT2D eigenvalue weighted by Gasteiger charge is 2.13. The summed E-state index contributed by atoms with van der Waals surface area (Å²) in [5, 5.41) is 14.8. The Morgan fingerprint density at radius 2 is 2.23 bits per heavy atom. The van der Waals surface area contributed by atoms with E-state index in [-0.39, 0.29) is 30.6 Å². The predicted octanol–water partition coefficient (Wildman–Crippen LogP) is 2.62. The van der Waals surface area contributed by atoms with Crippen LogP contribution in [-0.2, 0) is 11.2 Å². The summed E-state index contributed by atoms with van der Waals surface area (Å²) in [5.41, 5.74) is 1.34.